The van der Waals surface area contributed by atoms with Crippen LogP contribution in [0.25, 0.3) is 6.08 Å². The van der Waals surface area contributed by atoms with Gasteiger partial charge < -0.3 is 9.73 Å². The SMILES string of the molecule is S=C1NC(=S)/C(=C/c2ccco2)S1. The van der Waals surface area contributed by atoms with Crippen LogP contribution in [0.2, 0.25) is 0 Å². The maximum absolute atomic E-state index is 5.16. The Balaban J connectivity index is 2.27. The number of hydrogen-bond donors (Lipinski definition) is 1. The van der Waals surface area contributed by atoms with E-state index in [0.717, 1.165) is 10.7 Å². The molecule has 2 nitrogen and oxygen atoms in total. The fourth-order valence-electron chi connectivity index (χ4n) is 0.924. The van der Waals surface area contributed by atoms with Crippen molar-refractivity contribution in [3.05, 3.63) is 29.1 Å². The van der Waals surface area contributed by atoms with Gasteiger partial charge in [0.15, 0.2) is 0 Å². The molecule has 1 aliphatic heterocycles. The van der Waals surface area contributed by atoms with E-state index in [-0.39, 0.29) is 0 Å². The van der Waals surface area contributed by atoms with Crippen LogP contribution in [0.1, 0.15) is 5.76 Å². The summed E-state index contributed by atoms with van der Waals surface area (Å²) in [5.41, 5.74) is 0. The number of thioether (sulfide) groups is 1. The van der Waals surface area contributed by atoms with Gasteiger partial charge in [-0.3, -0.25) is 0 Å². The third-order valence-corrected chi connectivity index (χ3v) is 3.09. The zero-order chi connectivity index (χ0) is 9.26. The summed E-state index contributed by atoms with van der Waals surface area (Å²) in [4.78, 5) is 1.61. The molecule has 66 valence electrons. The first-order valence-corrected chi connectivity index (χ1v) is 5.17. The molecule has 1 aliphatic rings. The van der Waals surface area contributed by atoms with Gasteiger partial charge in [-0.15, -0.1) is 0 Å². The maximum atomic E-state index is 5.16. The standard InChI is InChI=1S/C8H5NOS3/c11-7-6(13-8(12)9-7)4-5-2-1-3-10-5/h1-4H,(H,9,11,12)/b6-4-. The van der Waals surface area contributed by atoms with Gasteiger partial charge >= 0.3 is 0 Å². The molecule has 5 heteroatoms. The number of hydrogen-bond acceptors (Lipinski definition) is 4. The Morgan fingerprint density at radius 1 is 1.46 bits per heavy atom. The molecular formula is C8H5NOS3. The van der Waals surface area contributed by atoms with Gasteiger partial charge in [0.25, 0.3) is 0 Å². The molecule has 0 saturated carbocycles. The van der Waals surface area contributed by atoms with Crippen molar-refractivity contribution >= 4 is 51.6 Å². The van der Waals surface area contributed by atoms with Crippen LogP contribution in [-0.2, 0) is 0 Å². The van der Waals surface area contributed by atoms with E-state index in [1.165, 1.54) is 11.8 Å². The van der Waals surface area contributed by atoms with Crippen molar-refractivity contribution in [3.63, 3.8) is 0 Å². The lowest BCUT2D eigenvalue weighted by Gasteiger charge is -1.90. The summed E-state index contributed by atoms with van der Waals surface area (Å²) in [5.74, 6) is 0.788. The first-order chi connectivity index (χ1) is 6.25. The number of thiocarbonyl (C=S) groups is 2. The van der Waals surface area contributed by atoms with E-state index in [9.17, 15) is 0 Å². The average Bonchev–Trinajstić information content (AvgIpc) is 2.63. The van der Waals surface area contributed by atoms with Gasteiger partial charge in [-0.2, -0.15) is 0 Å². The maximum Gasteiger partial charge on any atom is 0.143 e. The molecule has 13 heavy (non-hydrogen) atoms. The summed E-state index contributed by atoms with van der Waals surface area (Å²) in [6.07, 6.45) is 3.50. The lowest BCUT2D eigenvalue weighted by molar-refractivity contribution is 0.557. The lowest BCUT2D eigenvalue weighted by atomic mass is 10.4. The Labute approximate surface area is 90.4 Å². The van der Waals surface area contributed by atoms with Crippen LogP contribution >= 0.6 is 36.2 Å². The molecule has 1 aromatic rings. The molecule has 0 aromatic carbocycles. The predicted molar refractivity (Wildman–Crippen MR) is 62.6 cm³/mol. The molecule has 0 spiro atoms. The zero-order valence-electron chi connectivity index (χ0n) is 6.44. The van der Waals surface area contributed by atoms with E-state index in [0.29, 0.717) is 9.31 Å². The smallest absolute Gasteiger partial charge is 0.143 e. The largest absolute Gasteiger partial charge is 0.465 e. The molecule has 0 amide bonds. The highest BCUT2D eigenvalue weighted by atomic mass is 32.2. The fourth-order valence-corrected chi connectivity index (χ4v) is 2.38. The van der Waals surface area contributed by atoms with Gasteiger partial charge in [0.2, 0.25) is 0 Å². The Morgan fingerprint density at radius 2 is 2.31 bits per heavy atom. The minimum atomic E-state index is 0.673. The monoisotopic (exact) mass is 227 g/mol. The van der Waals surface area contributed by atoms with Crippen molar-refractivity contribution in [2.24, 2.45) is 0 Å². The van der Waals surface area contributed by atoms with E-state index in [4.69, 9.17) is 28.9 Å². The Hall–Kier alpha value is -0.650. The van der Waals surface area contributed by atoms with Crippen molar-refractivity contribution in [2.45, 2.75) is 0 Å². The molecule has 1 saturated heterocycles. The minimum Gasteiger partial charge on any atom is -0.465 e. The molecule has 0 aliphatic carbocycles. The minimum absolute atomic E-state index is 0.673. The molecular weight excluding hydrogens is 222 g/mol. The second-order valence-corrected chi connectivity index (χ2v) is 4.49. The molecule has 2 rings (SSSR count). The van der Waals surface area contributed by atoms with Crippen molar-refractivity contribution in [2.75, 3.05) is 0 Å². The van der Waals surface area contributed by atoms with Crippen LogP contribution < -0.4 is 5.32 Å². The number of furan rings is 1. The number of rotatable bonds is 1. The van der Waals surface area contributed by atoms with Gasteiger partial charge in [0, 0.05) is 0 Å². The van der Waals surface area contributed by atoms with E-state index in [2.05, 4.69) is 5.32 Å². The van der Waals surface area contributed by atoms with Crippen LogP contribution in [0.3, 0.4) is 0 Å². The van der Waals surface area contributed by atoms with Gasteiger partial charge in [-0.05, 0) is 18.2 Å². The second-order valence-electron chi connectivity index (χ2n) is 2.37. The topological polar surface area (TPSA) is 25.2 Å². The first-order valence-electron chi connectivity index (χ1n) is 3.54. The van der Waals surface area contributed by atoms with Crippen LogP contribution in [0.4, 0.5) is 0 Å². The van der Waals surface area contributed by atoms with Crippen molar-refractivity contribution in [1.29, 1.82) is 0 Å². The molecule has 1 fully saturated rings. The van der Waals surface area contributed by atoms with Crippen molar-refractivity contribution in [1.82, 2.24) is 5.32 Å². The third kappa shape index (κ3) is 1.99. The second kappa shape index (κ2) is 3.61. The van der Waals surface area contributed by atoms with Gasteiger partial charge in [-0.1, -0.05) is 36.2 Å². The molecule has 0 bridgehead atoms. The molecule has 1 N–H and O–H groups in total. The Bertz CT molecular complexity index is 380. The van der Waals surface area contributed by atoms with Crippen molar-refractivity contribution in [3.8, 4) is 0 Å². The lowest BCUT2D eigenvalue weighted by Crippen LogP contribution is -2.15. The van der Waals surface area contributed by atoms with E-state index < -0.39 is 0 Å². The summed E-state index contributed by atoms with van der Waals surface area (Å²) in [7, 11) is 0. The summed E-state index contributed by atoms with van der Waals surface area (Å²) in [5, 5.41) is 2.90. The Morgan fingerprint density at radius 3 is 2.85 bits per heavy atom. The van der Waals surface area contributed by atoms with Crippen LogP contribution in [0.15, 0.2) is 27.7 Å². The van der Waals surface area contributed by atoms with Crippen LogP contribution in [-0.4, -0.2) is 9.31 Å². The molecule has 0 atom stereocenters. The summed E-state index contributed by atoms with van der Waals surface area (Å²) in [6.45, 7) is 0. The summed E-state index contributed by atoms with van der Waals surface area (Å²) < 4.78 is 5.86. The Kier molecular flexibility index (Phi) is 2.48. The predicted octanol–water partition coefficient (Wildman–Crippen LogP) is 2.57. The van der Waals surface area contributed by atoms with Crippen LogP contribution in [0.5, 0.6) is 0 Å². The zero-order valence-corrected chi connectivity index (χ0v) is 8.89. The quantitative estimate of drug-likeness (QED) is 0.587. The highest BCUT2D eigenvalue weighted by Crippen LogP contribution is 2.26. The average molecular weight is 227 g/mol. The molecule has 1 aromatic heterocycles. The van der Waals surface area contributed by atoms with Gasteiger partial charge in [0.05, 0.1) is 11.2 Å². The highest BCUT2D eigenvalue weighted by Gasteiger charge is 2.18. The van der Waals surface area contributed by atoms with Crippen LogP contribution in [0, 0.1) is 0 Å². The normalized spacial score (nSPS) is 19.5. The van der Waals surface area contributed by atoms with E-state index in [1.807, 2.05) is 18.2 Å². The first kappa shape index (κ1) is 8.93. The number of nitrogens with one attached hydrogen (secondary N) is 1. The highest BCUT2D eigenvalue weighted by molar-refractivity contribution is 8.27. The van der Waals surface area contributed by atoms with Gasteiger partial charge in [0.1, 0.15) is 15.1 Å². The molecule has 0 unspecified atom stereocenters. The van der Waals surface area contributed by atoms with E-state index in [1.54, 1.807) is 6.26 Å². The van der Waals surface area contributed by atoms with Crippen molar-refractivity contribution < 1.29 is 4.42 Å². The molecule has 2 heterocycles. The third-order valence-electron chi connectivity index (χ3n) is 1.46. The summed E-state index contributed by atoms with van der Waals surface area (Å²) >= 11 is 11.5. The van der Waals surface area contributed by atoms with E-state index >= 15 is 0 Å². The fraction of sp³-hybridized carbons (Fsp3) is 0. The van der Waals surface area contributed by atoms with Gasteiger partial charge in [-0.25, -0.2) is 0 Å². The summed E-state index contributed by atoms with van der Waals surface area (Å²) in [6, 6.07) is 3.71. The molecule has 0 radical (unpaired) electrons.